The lowest BCUT2D eigenvalue weighted by molar-refractivity contribution is 0.255. The summed E-state index contributed by atoms with van der Waals surface area (Å²) in [5.41, 5.74) is 5.75. The molecule has 5 nitrogen and oxygen atoms in total. The molecule has 4 heterocycles. The van der Waals surface area contributed by atoms with Gasteiger partial charge in [-0.05, 0) is 62.4 Å². The third kappa shape index (κ3) is 3.67. The van der Waals surface area contributed by atoms with Crippen LogP contribution in [0.3, 0.4) is 0 Å². The van der Waals surface area contributed by atoms with Crippen LogP contribution in [-0.4, -0.2) is 53.7 Å². The Hall–Kier alpha value is -2.86. The summed E-state index contributed by atoms with van der Waals surface area (Å²) in [4.78, 5) is 11.5. The van der Waals surface area contributed by atoms with E-state index in [9.17, 15) is 4.39 Å². The van der Waals surface area contributed by atoms with E-state index in [1.165, 1.54) is 11.4 Å². The normalized spacial score (nSPS) is 16.5. The quantitative estimate of drug-likeness (QED) is 0.644. The summed E-state index contributed by atoms with van der Waals surface area (Å²) in [6, 6.07) is 13.6. The van der Waals surface area contributed by atoms with Crippen molar-refractivity contribution in [1.29, 1.82) is 0 Å². The number of piperazine rings is 1. The fourth-order valence-corrected chi connectivity index (χ4v) is 4.75. The molecule has 30 heavy (non-hydrogen) atoms. The second-order valence-electron chi connectivity index (χ2n) is 8.24. The van der Waals surface area contributed by atoms with Crippen LogP contribution in [0.1, 0.15) is 17.8 Å². The zero-order valence-corrected chi connectivity index (χ0v) is 17.5. The minimum Gasteiger partial charge on any atom is -0.369 e. The van der Waals surface area contributed by atoms with E-state index in [2.05, 4.69) is 55.4 Å². The van der Waals surface area contributed by atoms with Gasteiger partial charge in [-0.15, -0.1) is 0 Å². The van der Waals surface area contributed by atoms with E-state index in [4.69, 9.17) is 0 Å². The average molecular weight is 406 g/mol. The highest BCUT2D eigenvalue weighted by molar-refractivity contribution is 5.66. The van der Waals surface area contributed by atoms with E-state index < -0.39 is 0 Å². The van der Waals surface area contributed by atoms with Gasteiger partial charge < -0.3 is 14.4 Å². The lowest BCUT2D eigenvalue weighted by Crippen LogP contribution is -2.47. The lowest BCUT2D eigenvalue weighted by atomic mass is 10.1. The number of nitrogens with zero attached hydrogens (tertiary/aromatic N) is 5. The van der Waals surface area contributed by atoms with E-state index in [0.717, 1.165) is 69.3 Å². The Bertz CT molecular complexity index is 1010. The van der Waals surface area contributed by atoms with Crippen molar-refractivity contribution in [1.82, 2.24) is 14.5 Å². The van der Waals surface area contributed by atoms with Crippen molar-refractivity contribution in [3.8, 4) is 5.69 Å². The minimum absolute atomic E-state index is 0.179. The van der Waals surface area contributed by atoms with Crippen molar-refractivity contribution in [2.45, 2.75) is 19.9 Å². The summed E-state index contributed by atoms with van der Waals surface area (Å²) in [7, 11) is 0. The Balaban J connectivity index is 1.19. The first-order valence-corrected chi connectivity index (χ1v) is 10.8. The van der Waals surface area contributed by atoms with Gasteiger partial charge >= 0.3 is 0 Å². The van der Waals surface area contributed by atoms with Crippen LogP contribution in [0.2, 0.25) is 0 Å². The number of halogens is 1. The van der Waals surface area contributed by atoms with Gasteiger partial charge in [0, 0.05) is 62.2 Å². The Kier molecular flexibility index (Phi) is 5.17. The molecule has 0 amide bonds. The van der Waals surface area contributed by atoms with Crippen LogP contribution in [-0.2, 0) is 6.54 Å². The largest absolute Gasteiger partial charge is 0.369 e. The van der Waals surface area contributed by atoms with Crippen LogP contribution in [0.5, 0.6) is 0 Å². The molecule has 1 saturated heterocycles. The fraction of sp³-hybridized carbons (Fsp3) is 0.375. The number of rotatable bonds is 5. The summed E-state index contributed by atoms with van der Waals surface area (Å²) in [6.07, 6.45) is 4.83. The first-order chi connectivity index (χ1) is 14.7. The fourth-order valence-electron chi connectivity index (χ4n) is 4.75. The van der Waals surface area contributed by atoms with Crippen LogP contribution in [0.4, 0.5) is 15.8 Å². The average Bonchev–Trinajstić information content (AvgIpc) is 3.15. The molecular formula is C24H28FN5. The first kappa shape index (κ1) is 19.1. The lowest BCUT2D eigenvalue weighted by Gasteiger charge is -2.37. The molecule has 2 aliphatic heterocycles. The predicted octanol–water partition coefficient (Wildman–Crippen LogP) is 3.85. The molecule has 5 rings (SSSR count). The van der Waals surface area contributed by atoms with Crippen LogP contribution in [0.15, 0.2) is 54.9 Å². The van der Waals surface area contributed by atoms with Gasteiger partial charge in [-0.25, -0.2) is 4.39 Å². The number of hydrogen-bond acceptors (Lipinski definition) is 4. The Morgan fingerprint density at radius 3 is 2.50 bits per heavy atom. The smallest absolute Gasteiger partial charge is 0.125 e. The molecule has 0 unspecified atom stereocenters. The number of benzene rings is 1. The molecule has 0 saturated carbocycles. The van der Waals surface area contributed by atoms with Crippen LogP contribution >= 0.6 is 0 Å². The summed E-state index contributed by atoms with van der Waals surface area (Å²) in [5.74, 6) is -0.179. The summed E-state index contributed by atoms with van der Waals surface area (Å²) < 4.78 is 16.1. The van der Waals surface area contributed by atoms with Crippen LogP contribution in [0.25, 0.3) is 5.69 Å². The van der Waals surface area contributed by atoms with Gasteiger partial charge in [0.25, 0.3) is 0 Å². The van der Waals surface area contributed by atoms with Crippen LogP contribution in [0, 0.1) is 12.7 Å². The van der Waals surface area contributed by atoms with Gasteiger partial charge in [0.15, 0.2) is 0 Å². The van der Waals surface area contributed by atoms with E-state index in [0.29, 0.717) is 0 Å². The molecule has 6 heteroatoms. The van der Waals surface area contributed by atoms with Gasteiger partial charge in [0.1, 0.15) is 5.82 Å². The Morgan fingerprint density at radius 1 is 0.900 bits per heavy atom. The van der Waals surface area contributed by atoms with Crippen molar-refractivity contribution in [3.05, 3.63) is 72.1 Å². The molecular weight excluding hydrogens is 377 g/mol. The topological polar surface area (TPSA) is 27.5 Å². The van der Waals surface area contributed by atoms with Crippen LogP contribution < -0.4 is 9.80 Å². The van der Waals surface area contributed by atoms with E-state index >= 15 is 0 Å². The molecule has 156 valence electrons. The summed E-state index contributed by atoms with van der Waals surface area (Å²) in [6.45, 7) is 9.33. The molecule has 3 aromatic rings. The molecule has 1 aromatic carbocycles. The van der Waals surface area contributed by atoms with Gasteiger partial charge in [-0.3, -0.25) is 9.88 Å². The number of aromatic nitrogens is 2. The number of aryl methyl sites for hydroxylation is 1. The van der Waals surface area contributed by atoms with E-state index in [-0.39, 0.29) is 5.82 Å². The second kappa shape index (κ2) is 8.11. The Labute approximate surface area is 177 Å². The molecule has 0 N–H and O–H groups in total. The molecule has 1 fully saturated rings. The van der Waals surface area contributed by atoms with Crippen molar-refractivity contribution < 1.29 is 4.39 Å². The van der Waals surface area contributed by atoms with E-state index in [1.54, 1.807) is 12.1 Å². The maximum atomic E-state index is 14.0. The highest BCUT2D eigenvalue weighted by Gasteiger charge is 2.24. The molecule has 2 aliphatic rings. The van der Waals surface area contributed by atoms with Gasteiger partial charge in [0.05, 0.1) is 17.9 Å². The number of anilines is 2. The molecule has 0 bridgehead atoms. The SMILES string of the molecule is Cc1ccc2n1-c1cc(F)ccc1N(CCCN1CCN(c3ccncc3)CC1)C2. The summed E-state index contributed by atoms with van der Waals surface area (Å²) >= 11 is 0. The number of fused-ring (bicyclic) bond motifs is 3. The summed E-state index contributed by atoms with van der Waals surface area (Å²) in [5, 5.41) is 0. The highest BCUT2D eigenvalue weighted by atomic mass is 19.1. The Morgan fingerprint density at radius 2 is 1.70 bits per heavy atom. The number of hydrogen-bond donors (Lipinski definition) is 0. The highest BCUT2D eigenvalue weighted by Crippen LogP contribution is 2.34. The zero-order chi connectivity index (χ0) is 20.5. The monoisotopic (exact) mass is 405 g/mol. The standard InChI is InChI=1S/C24H28FN5/c1-19-3-5-22-18-29(23-6-4-20(25)17-24(23)30(19)22)12-2-11-27-13-15-28(16-14-27)21-7-9-26-10-8-21/h3-10,17H,2,11-16,18H2,1H3. The third-order valence-electron chi connectivity index (χ3n) is 6.33. The van der Waals surface area contributed by atoms with Crippen molar-refractivity contribution in [2.75, 3.05) is 49.1 Å². The first-order valence-electron chi connectivity index (χ1n) is 10.8. The van der Waals surface area contributed by atoms with Gasteiger partial charge in [-0.1, -0.05) is 0 Å². The molecule has 0 spiro atoms. The zero-order valence-electron chi connectivity index (χ0n) is 17.5. The van der Waals surface area contributed by atoms with Crippen molar-refractivity contribution >= 4 is 11.4 Å². The predicted molar refractivity (Wildman–Crippen MR) is 119 cm³/mol. The molecule has 0 radical (unpaired) electrons. The second-order valence-corrected chi connectivity index (χ2v) is 8.24. The molecule has 0 atom stereocenters. The van der Waals surface area contributed by atoms with Gasteiger partial charge in [0.2, 0.25) is 0 Å². The van der Waals surface area contributed by atoms with Crippen molar-refractivity contribution in [3.63, 3.8) is 0 Å². The van der Waals surface area contributed by atoms with Gasteiger partial charge in [-0.2, -0.15) is 0 Å². The molecule has 2 aromatic heterocycles. The van der Waals surface area contributed by atoms with Crippen molar-refractivity contribution in [2.24, 2.45) is 0 Å². The third-order valence-corrected chi connectivity index (χ3v) is 6.33. The molecule has 0 aliphatic carbocycles. The maximum Gasteiger partial charge on any atom is 0.125 e. The minimum atomic E-state index is -0.179. The van der Waals surface area contributed by atoms with E-state index in [1.807, 2.05) is 18.5 Å². The number of pyridine rings is 1. The maximum absolute atomic E-state index is 14.0.